The average Bonchev–Trinajstić information content (AvgIpc) is 3.16. The van der Waals surface area contributed by atoms with E-state index in [0.29, 0.717) is 5.70 Å². The molecule has 0 saturated heterocycles. The molecule has 0 fully saturated rings. The fourth-order valence-electron chi connectivity index (χ4n) is 3.70. The predicted octanol–water partition coefficient (Wildman–Crippen LogP) is 3.57. The highest BCUT2D eigenvalue weighted by Crippen LogP contribution is 2.23. The summed E-state index contributed by atoms with van der Waals surface area (Å²) in [4.78, 5) is 7.76. The van der Waals surface area contributed by atoms with Gasteiger partial charge in [0.2, 0.25) is 0 Å². The van der Waals surface area contributed by atoms with Crippen LogP contribution < -0.4 is 21.6 Å². The molecule has 4 heteroatoms. The van der Waals surface area contributed by atoms with Gasteiger partial charge in [-0.1, -0.05) is 36.9 Å². The largest absolute Gasteiger partial charge is 0.400 e. The lowest BCUT2D eigenvalue weighted by Crippen LogP contribution is -2.32. The molecular formula is C25H26N4. The van der Waals surface area contributed by atoms with Crippen LogP contribution in [0.5, 0.6) is 0 Å². The number of hydrogen-bond donors (Lipinski definition) is 3. The summed E-state index contributed by atoms with van der Waals surface area (Å²) in [6.07, 6.45) is 12.3. The number of H-pyrrole nitrogens is 1. The van der Waals surface area contributed by atoms with Crippen LogP contribution in [0.2, 0.25) is 0 Å². The van der Waals surface area contributed by atoms with Crippen LogP contribution in [0.1, 0.15) is 29.7 Å². The van der Waals surface area contributed by atoms with Gasteiger partial charge in [0.25, 0.3) is 0 Å². The lowest BCUT2D eigenvalue weighted by atomic mass is 9.96. The number of hydrogen-bond acceptors (Lipinski definition) is 3. The highest BCUT2D eigenvalue weighted by atomic mass is 15.0. The standard InChI is InChI=1S/C25H26N4/c1-17-8-7-10-20(14-17)29-25(23(26)15-19-9-5-6-13-27-19)18(2)22-16-28-24-12-4-3-11-21(22)24/h5-16,25,28-29H,2-4,26H2,1H3. The van der Waals surface area contributed by atoms with Crippen molar-refractivity contribution in [2.45, 2.75) is 25.8 Å². The van der Waals surface area contributed by atoms with Crippen molar-refractivity contribution in [3.63, 3.8) is 0 Å². The minimum atomic E-state index is -0.256. The molecule has 1 unspecified atom stereocenters. The topological polar surface area (TPSA) is 66.7 Å². The Kier molecular flexibility index (Phi) is 5.34. The van der Waals surface area contributed by atoms with Crippen LogP contribution >= 0.6 is 0 Å². The Morgan fingerprint density at radius 1 is 1.21 bits per heavy atom. The van der Waals surface area contributed by atoms with Crippen LogP contribution in [0.4, 0.5) is 5.69 Å². The predicted molar refractivity (Wildman–Crippen MR) is 122 cm³/mol. The fourth-order valence-corrected chi connectivity index (χ4v) is 3.70. The van der Waals surface area contributed by atoms with Crippen LogP contribution in [0, 0.1) is 6.92 Å². The molecule has 0 radical (unpaired) electrons. The first-order valence-corrected chi connectivity index (χ1v) is 9.90. The van der Waals surface area contributed by atoms with Crippen LogP contribution in [0.3, 0.4) is 0 Å². The second kappa shape index (κ2) is 8.23. The zero-order chi connectivity index (χ0) is 20.2. The number of nitrogens with two attached hydrogens (primary N) is 1. The highest BCUT2D eigenvalue weighted by molar-refractivity contribution is 5.77. The van der Waals surface area contributed by atoms with Crippen molar-refractivity contribution in [1.29, 1.82) is 0 Å². The van der Waals surface area contributed by atoms with E-state index in [1.165, 1.54) is 10.8 Å². The molecule has 0 saturated carbocycles. The van der Waals surface area contributed by atoms with Crippen LogP contribution in [-0.4, -0.2) is 16.0 Å². The van der Waals surface area contributed by atoms with Crippen LogP contribution in [0.15, 0.2) is 67.1 Å². The zero-order valence-electron chi connectivity index (χ0n) is 16.7. The Morgan fingerprint density at radius 3 is 2.86 bits per heavy atom. The minimum Gasteiger partial charge on any atom is -0.400 e. The number of aromatic amines is 1. The number of nitrogens with one attached hydrogen (secondary N) is 2. The Balaban J connectivity index is 1.74. The summed E-state index contributed by atoms with van der Waals surface area (Å²) in [6.45, 7) is 6.51. The smallest absolute Gasteiger partial charge is 0.0913 e. The number of aryl methyl sites for hydroxylation is 1. The van der Waals surface area contributed by atoms with Crippen LogP contribution in [-0.2, 0) is 0 Å². The number of rotatable bonds is 6. The van der Waals surface area contributed by atoms with E-state index in [0.717, 1.165) is 40.7 Å². The quantitative estimate of drug-likeness (QED) is 0.611. The van der Waals surface area contributed by atoms with Gasteiger partial charge >= 0.3 is 0 Å². The molecule has 146 valence electrons. The molecule has 1 atom stereocenters. The van der Waals surface area contributed by atoms with E-state index in [2.05, 4.69) is 53.1 Å². The van der Waals surface area contributed by atoms with E-state index in [1.807, 2.05) is 42.6 Å². The Morgan fingerprint density at radius 2 is 2.07 bits per heavy atom. The summed E-state index contributed by atoms with van der Waals surface area (Å²) in [6, 6.07) is 13.8. The van der Waals surface area contributed by atoms with Crippen molar-refractivity contribution in [3.8, 4) is 0 Å². The maximum absolute atomic E-state index is 6.59. The van der Waals surface area contributed by atoms with Gasteiger partial charge in [-0.05, 0) is 61.2 Å². The molecule has 0 bridgehead atoms. The third-order valence-corrected chi connectivity index (χ3v) is 5.18. The molecule has 2 aromatic heterocycles. The minimum absolute atomic E-state index is 0.256. The lowest BCUT2D eigenvalue weighted by Gasteiger charge is -2.23. The van der Waals surface area contributed by atoms with E-state index >= 15 is 0 Å². The van der Waals surface area contributed by atoms with Crippen molar-refractivity contribution in [1.82, 2.24) is 9.97 Å². The van der Waals surface area contributed by atoms with Gasteiger partial charge < -0.3 is 16.0 Å². The van der Waals surface area contributed by atoms with E-state index in [1.54, 1.807) is 6.20 Å². The Bertz CT molecular complexity index is 1170. The Hall–Kier alpha value is -3.53. The molecule has 0 amide bonds. The molecule has 0 spiro atoms. The van der Waals surface area contributed by atoms with Crippen molar-refractivity contribution < 1.29 is 0 Å². The summed E-state index contributed by atoms with van der Waals surface area (Å²) >= 11 is 0. The normalized spacial score (nSPS) is 14.3. The molecule has 3 aromatic rings. The summed E-state index contributed by atoms with van der Waals surface area (Å²) < 4.78 is 0. The summed E-state index contributed by atoms with van der Waals surface area (Å²) in [5, 5.41) is 5.95. The van der Waals surface area contributed by atoms with Gasteiger partial charge in [0.15, 0.2) is 0 Å². The monoisotopic (exact) mass is 382 g/mol. The first-order chi connectivity index (χ1) is 14.1. The van der Waals surface area contributed by atoms with Gasteiger partial charge in [0, 0.05) is 39.9 Å². The van der Waals surface area contributed by atoms with Gasteiger partial charge in [-0.3, -0.25) is 4.98 Å². The van der Waals surface area contributed by atoms with Gasteiger partial charge in [0.05, 0.1) is 11.7 Å². The van der Waals surface area contributed by atoms with E-state index in [9.17, 15) is 0 Å². The zero-order valence-corrected chi connectivity index (χ0v) is 16.7. The third kappa shape index (κ3) is 4.16. The molecule has 1 aliphatic carbocycles. The Labute approximate surface area is 171 Å². The van der Waals surface area contributed by atoms with Crippen molar-refractivity contribution in [2.24, 2.45) is 5.73 Å². The molecule has 29 heavy (non-hydrogen) atoms. The molecule has 4 rings (SSSR count). The lowest BCUT2D eigenvalue weighted by molar-refractivity contribution is 1.02. The average molecular weight is 383 g/mol. The fraction of sp³-hybridized carbons (Fsp3) is 0.160. The molecule has 4 N–H and O–H groups in total. The van der Waals surface area contributed by atoms with E-state index < -0.39 is 0 Å². The van der Waals surface area contributed by atoms with Gasteiger partial charge in [-0.2, -0.15) is 0 Å². The number of benzene rings is 1. The number of anilines is 1. The van der Waals surface area contributed by atoms with Crippen molar-refractivity contribution >= 4 is 29.5 Å². The summed E-state index contributed by atoms with van der Waals surface area (Å²) in [7, 11) is 0. The maximum Gasteiger partial charge on any atom is 0.0913 e. The molecular weight excluding hydrogens is 356 g/mol. The SMILES string of the molecule is C=C(c1c[nH]c2c1=CCCC=2)C(Nc1cccc(C)c1)C(N)=Cc1ccccn1. The van der Waals surface area contributed by atoms with E-state index in [4.69, 9.17) is 5.73 Å². The second-order valence-electron chi connectivity index (χ2n) is 7.39. The molecule has 1 aliphatic rings. The first kappa shape index (κ1) is 18.8. The summed E-state index contributed by atoms with van der Waals surface area (Å²) in [5.74, 6) is 0. The number of fused-ring (bicyclic) bond motifs is 1. The van der Waals surface area contributed by atoms with Crippen LogP contribution in [0.25, 0.3) is 23.8 Å². The van der Waals surface area contributed by atoms with Gasteiger partial charge in [-0.25, -0.2) is 0 Å². The molecule has 0 aliphatic heterocycles. The molecule has 4 nitrogen and oxygen atoms in total. The van der Waals surface area contributed by atoms with E-state index in [-0.39, 0.29) is 6.04 Å². The highest BCUT2D eigenvalue weighted by Gasteiger charge is 2.20. The van der Waals surface area contributed by atoms with Crippen molar-refractivity contribution in [2.75, 3.05) is 5.32 Å². The number of nitrogens with zero attached hydrogens (tertiary/aromatic N) is 1. The molecule has 2 heterocycles. The van der Waals surface area contributed by atoms with Crippen molar-refractivity contribution in [3.05, 3.63) is 94.5 Å². The third-order valence-electron chi connectivity index (χ3n) is 5.18. The first-order valence-electron chi connectivity index (χ1n) is 9.90. The molecule has 1 aromatic carbocycles. The van der Waals surface area contributed by atoms with Gasteiger partial charge in [0.1, 0.15) is 0 Å². The summed E-state index contributed by atoms with van der Waals surface area (Å²) in [5.41, 5.74) is 12.3. The maximum atomic E-state index is 6.59. The number of pyridine rings is 1. The second-order valence-corrected chi connectivity index (χ2v) is 7.39. The number of aromatic nitrogens is 2. The van der Waals surface area contributed by atoms with Gasteiger partial charge in [-0.15, -0.1) is 0 Å².